The van der Waals surface area contributed by atoms with Crippen LogP contribution < -0.4 is 0 Å². The van der Waals surface area contributed by atoms with Crippen LogP contribution in [0.2, 0.25) is 0 Å². The molecule has 0 aliphatic heterocycles. The number of carbonyl (C=O) groups is 1. The van der Waals surface area contributed by atoms with Crippen molar-refractivity contribution in [3.8, 4) is 0 Å². The van der Waals surface area contributed by atoms with Crippen LogP contribution in [0.15, 0.2) is 30.3 Å². The lowest BCUT2D eigenvalue weighted by Gasteiger charge is -2.25. The number of amides is 1. The van der Waals surface area contributed by atoms with Gasteiger partial charge in [-0.05, 0) is 12.0 Å². The SMILES string of the molecule is CCCCC[C@@H](c1ccccc1)N(C)C=O. The number of carbonyl (C=O) groups excluding carboxylic acids is 1. The van der Waals surface area contributed by atoms with Crippen molar-refractivity contribution >= 4 is 6.41 Å². The van der Waals surface area contributed by atoms with Gasteiger partial charge in [-0.15, -0.1) is 0 Å². The molecule has 0 N–H and O–H groups in total. The second-order valence-electron chi connectivity index (χ2n) is 4.19. The molecule has 0 saturated heterocycles. The van der Waals surface area contributed by atoms with Gasteiger partial charge in [-0.1, -0.05) is 56.5 Å². The fraction of sp³-hybridized carbons (Fsp3) is 0.500. The Hall–Kier alpha value is -1.31. The Morgan fingerprint density at radius 1 is 1.25 bits per heavy atom. The molecule has 1 aromatic rings. The summed E-state index contributed by atoms with van der Waals surface area (Å²) in [5.74, 6) is 0. The summed E-state index contributed by atoms with van der Waals surface area (Å²) in [6, 6.07) is 10.5. The predicted molar refractivity (Wildman–Crippen MR) is 67.2 cm³/mol. The largest absolute Gasteiger partial charge is 0.341 e. The van der Waals surface area contributed by atoms with E-state index in [0.29, 0.717) is 0 Å². The molecule has 1 aromatic carbocycles. The summed E-state index contributed by atoms with van der Waals surface area (Å²) in [4.78, 5) is 12.6. The lowest BCUT2D eigenvalue weighted by molar-refractivity contribution is -0.119. The molecule has 1 atom stereocenters. The minimum absolute atomic E-state index is 0.227. The Kier molecular flexibility index (Phi) is 5.62. The zero-order chi connectivity index (χ0) is 11.8. The van der Waals surface area contributed by atoms with Gasteiger partial charge < -0.3 is 4.90 Å². The third-order valence-electron chi connectivity index (χ3n) is 2.92. The minimum atomic E-state index is 0.227. The first-order chi connectivity index (χ1) is 7.79. The number of nitrogens with zero attached hydrogens (tertiary/aromatic N) is 1. The maximum Gasteiger partial charge on any atom is 0.209 e. The van der Waals surface area contributed by atoms with Crippen molar-refractivity contribution in [2.45, 2.75) is 38.6 Å². The molecule has 0 aliphatic carbocycles. The highest BCUT2D eigenvalue weighted by Crippen LogP contribution is 2.24. The standard InChI is InChI=1S/C14H21NO/c1-3-4-6-11-14(15(2)12-16)13-9-7-5-8-10-13/h5,7-10,12,14H,3-4,6,11H2,1-2H3/t14-/m0/s1. The summed E-state index contributed by atoms with van der Waals surface area (Å²) in [6.45, 7) is 2.20. The Labute approximate surface area is 98.3 Å². The Morgan fingerprint density at radius 2 is 1.94 bits per heavy atom. The highest BCUT2D eigenvalue weighted by Gasteiger charge is 2.14. The van der Waals surface area contributed by atoms with Gasteiger partial charge in [0.25, 0.3) is 0 Å². The van der Waals surface area contributed by atoms with E-state index in [9.17, 15) is 4.79 Å². The topological polar surface area (TPSA) is 20.3 Å². The number of rotatable bonds is 7. The molecule has 0 radical (unpaired) electrons. The number of unbranched alkanes of at least 4 members (excludes halogenated alkanes) is 2. The van der Waals surface area contributed by atoms with E-state index >= 15 is 0 Å². The molecular weight excluding hydrogens is 198 g/mol. The Balaban J connectivity index is 2.67. The first-order valence-corrected chi connectivity index (χ1v) is 6.01. The molecule has 0 aromatic heterocycles. The summed E-state index contributed by atoms with van der Waals surface area (Å²) in [7, 11) is 1.86. The van der Waals surface area contributed by atoms with Crippen LogP contribution >= 0.6 is 0 Å². The van der Waals surface area contributed by atoms with Crippen molar-refractivity contribution in [1.82, 2.24) is 4.90 Å². The molecule has 16 heavy (non-hydrogen) atoms. The van der Waals surface area contributed by atoms with E-state index in [4.69, 9.17) is 0 Å². The quantitative estimate of drug-likeness (QED) is 0.508. The molecule has 88 valence electrons. The summed E-state index contributed by atoms with van der Waals surface area (Å²) in [6.07, 6.45) is 5.59. The van der Waals surface area contributed by atoms with Crippen molar-refractivity contribution in [3.63, 3.8) is 0 Å². The zero-order valence-electron chi connectivity index (χ0n) is 10.2. The molecular formula is C14H21NO. The minimum Gasteiger partial charge on any atom is -0.341 e. The van der Waals surface area contributed by atoms with Gasteiger partial charge in [0, 0.05) is 7.05 Å². The van der Waals surface area contributed by atoms with Crippen LogP contribution in [0, 0.1) is 0 Å². The lowest BCUT2D eigenvalue weighted by atomic mass is 10.00. The predicted octanol–water partition coefficient (Wildman–Crippen LogP) is 3.40. The van der Waals surface area contributed by atoms with E-state index in [1.165, 1.54) is 24.8 Å². The van der Waals surface area contributed by atoms with Gasteiger partial charge in [0.2, 0.25) is 6.41 Å². The third-order valence-corrected chi connectivity index (χ3v) is 2.92. The third kappa shape index (κ3) is 3.69. The summed E-state index contributed by atoms with van der Waals surface area (Å²) in [5, 5.41) is 0. The summed E-state index contributed by atoms with van der Waals surface area (Å²) in [5.41, 5.74) is 1.23. The van der Waals surface area contributed by atoms with Crippen molar-refractivity contribution < 1.29 is 4.79 Å². The van der Waals surface area contributed by atoms with Crippen LogP contribution in [0.5, 0.6) is 0 Å². The van der Waals surface area contributed by atoms with Gasteiger partial charge in [-0.3, -0.25) is 4.79 Å². The summed E-state index contributed by atoms with van der Waals surface area (Å²) < 4.78 is 0. The van der Waals surface area contributed by atoms with Gasteiger partial charge in [0.05, 0.1) is 6.04 Å². The molecule has 0 aliphatic rings. The van der Waals surface area contributed by atoms with Crippen molar-refractivity contribution in [1.29, 1.82) is 0 Å². The van der Waals surface area contributed by atoms with Gasteiger partial charge in [-0.25, -0.2) is 0 Å². The lowest BCUT2D eigenvalue weighted by Crippen LogP contribution is -2.22. The smallest absolute Gasteiger partial charge is 0.209 e. The van der Waals surface area contributed by atoms with E-state index < -0.39 is 0 Å². The van der Waals surface area contributed by atoms with E-state index in [2.05, 4.69) is 19.1 Å². The van der Waals surface area contributed by atoms with Gasteiger partial charge in [0.15, 0.2) is 0 Å². The molecule has 0 heterocycles. The molecule has 0 bridgehead atoms. The Bertz CT molecular complexity index is 297. The zero-order valence-corrected chi connectivity index (χ0v) is 10.2. The van der Waals surface area contributed by atoms with Crippen molar-refractivity contribution in [2.24, 2.45) is 0 Å². The average molecular weight is 219 g/mol. The normalized spacial score (nSPS) is 12.1. The van der Waals surface area contributed by atoms with Crippen LogP contribution in [-0.2, 0) is 4.79 Å². The van der Waals surface area contributed by atoms with E-state index in [1.54, 1.807) is 4.90 Å². The fourth-order valence-corrected chi connectivity index (χ4v) is 1.94. The number of benzene rings is 1. The van der Waals surface area contributed by atoms with Gasteiger partial charge in [0.1, 0.15) is 0 Å². The van der Waals surface area contributed by atoms with Crippen LogP contribution in [0.25, 0.3) is 0 Å². The average Bonchev–Trinajstić information content (AvgIpc) is 2.35. The molecule has 2 nitrogen and oxygen atoms in total. The highest BCUT2D eigenvalue weighted by atomic mass is 16.1. The maximum atomic E-state index is 10.9. The van der Waals surface area contributed by atoms with E-state index in [-0.39, 0.29) is 6.04 Å². The van der Waals surface area contributed by atoms with Gasteiger partial charge in [-0.2, -0.15) is 0 Å². The second-order valence-corrected chi connectivity index (χ2v) is 4.19. The molecule has 1 rings (SSSR count). The molecule has 0 unspecified atom stereocenters. The van der Waals surface area contributed by atoms with Crippen LogP contribution in [-0.4, -0.2) is 18.4 Å². The van der Waals surface area contributed by atoms with E-state index in [0.717, 1.165) is 12.8 Å². The van der Waals surface area contributed by atoms with Crippen molar-refractivity contribution in [3.05, 3.63) is 35.9 Å². The maximum absolute atomic E-state index is 10.9. The summed E-state index contributed by atoms with van der Waals surface area (Å²) >= 11 is 0. The van der Waals surface area contributed by atoms with Crippen LogP contribution in [0.3, 0.4) is 0 Å². The molecule has 2 heteroatoms. The first-order valence-electron chi connectivity index (χ1n) is 6.01. The number of hydrogen-bond donors (Lipinski definition) is 0. The molecule has 0 fully saturated rings. The second kappa shape index (κ2) is 7.04. The van der Waals surface area contributed by atoms with E-state index in [1.807, 2.05) is 25.2 Å². The Morgan fingerprint density at radius 3 is 2.50 bits per heavy atom. The highest BCUT2D eigenvalue weighted by molar-refractivity contribution is 5.48. The van der Waals surface area contributed by atoms with Crippen LogP contribution in [0.4, 0.5) is 0 Å². The van der Waals surface area contributed by atoms with Crippen LogP contribution in [0.1, 0.15) is 44.2 Å². The molecule has 0 saturated carbocycles. The monoisotopic (exact) mass is 219 g/mol. The molecule has 0 spiro atoms. The van der Waals surface area contributed by atoms with Gasteiger partial charge >= 0.3 is 0 Å². The first kappa shape index (κ1) is 12.8. The van der Waals surface area contributed by atoms with Crippen molar-refractivity contribution in [2.75, 3.05) is 7.05 Å². The number of hydrogen-bond acceptors (Lipinski definition) is 1. The molecule has 1 amide bonds. The fourth-order valence-electron chi connectivity index (χ4n) is 1.94.